The molecule has 0 amide bonds. The Bertz CT molecular complexity index is 1540. The normalized spacial score (nSPS) is 35.4. The first kappa shape index (κ1) is 31.0. The van der Waals surface area contributed by atoms with Crippen LogP contribution in [-0.2, 0) is 32.0 Å². The van der Waals surface area contributed by atoms with E-state index in [1.807, 2.05) is 26.0 Å². The van der Waals surface area contributed by atoms with Crippen molar-refractivity contribution in [2.45, 2.75) is 79.2 Å². The minimum Gasteiger partial charge on any atom is -0.507 e. The number of ketones is 5. The molecule has 2 N–H and O–H groups in total. The molecule has 7 nitrogen and oxygen atoms in total. The number of Topliss-reactive ketones (excluding diaryl/α,β-unsaturated/α-hetero) is 5. The molecule has 43 heavy (non-hydrogen) atoms. The lowest BCUT2D eigenvalue weighted by Gasteiger charge is -2.67. The van der Waals surface area contributed by atoms with Gasteiger partial charge in [-0.15, -0.1) is 0 Å². The van der Waals surface area contributed by atoms with Gasteiger partial charge in [-0.2, -0.15) is 0 Å². The second-order valence-electron chi connectivity index (χ2n) is 13.8. The number of aliphatic hydroxyl groups is 1. The van der Waals surface area contributed by atoms with Crippen LogP contribution in [0.1, 0.15) is 87.9 Å². The maximum atomic E-state index is 14.8. The highest BCUT2D eigenvalue weighted by atomic mass is 16.3. The molecule has 0 spiro atoms. The van der Waals surface area contributed by atoms with E-state index in [-0.39, 0.29) is 11.3 Å². The fraction of sp³-hybridized carbons (Fsp3) is 0.528. The van der Waals surface area contributed by atoms with Gasteiger partial charge < -0.3 is 10.2 Å². The van der Waals surface area contributed by atoms with E-state index in [4.69, 9.17) is 0 Å². The van der Waals surface area contributed by atoms with Gasteiger partial charge in [0.2, 0.25) is 0 Å². The molecule has 2 aromatic rings. The predicted molar refractivity (Wildman–Crippen MR) is 161 cm³/mol. The summed E-state index contributed by atoms with van der Waals surface area (Å²) in [6, 6.07) is 13.1. The van der Waals surface area contributed by atoms with E-state index in [0.29, 0.717) is 12.0 Å². The Hall–Kier alpha value is -3.45. The minimum atomic E-state index is -2.74. The summed E-state index contributed by atoms with van der Waals surface area (Å²) >= 11 is 0. The second-order valence-corrected chi connectivity index (χ2v) is 13.8. The van der Waals surface area contributed by atoms with Crippen molar-refractivity contribution in [3.05, 3.63) is 64.7 Å². The van der Waals surface area contributed by atoms with Crippen LogP contribution in [0.4, 0.5) is 0 Å². The van der Waals surface area contributed by atoms with Crippen molar-refractivity contribution >= 4 is 28.9 Å². The zero-order valence-corrected chi connectivity index (χ0v) is 26.1. The molecule has 5 rings (SSSR count). The van der Waals surface area contributed by atoms with Crippen molar-refractivity contribution in [3.8, 4) is 5.75 Å². The zero-order valence-electron chi connectivity index (χ0n) is 26.1. The SMILES string of the molecule is CCCc1ccc(C[C@@H]2c3cccc(O)c3C(=O)C3C(=O)[C@@]4(O)C(=O)C(C(C)=O)C(=O)C(C(C)C)[C@@]4(C)[C@H](C)[C@]32C)cc1. The fourth-order valence-corrected chi connectivity index (χ4v) is 9.26. The third-order valence-electron chi connectivity index (χ3n) is 11.5. The highest BCUT2D eigenvalue weighted by Gasteiger charge is 2.79. The number of rotatable bonds is 6. The molecule has 0 radical (unpaired) electrons. The number of hydrogen-bond acceptors (Lipinski definition) is 7. The fourth-order valence-electron chi connectivity index (χ4n) is 9.26. The Morgan fingerprint density at radius 1 is 0.953 bits per heavy atom. The maximum absolute atomic E-state index is 14.8. The Morgan fingerprint density at radius 2 is 1.56 bits per heavy atom. The van der Waals surface area contributed by atoms with Crippen molar-refractivity contribution in [1.29, 1.82) is 0 Å². The van der Waals surface area contributed by atoms with Crippen LogP contribution in [-0.4, -0.2) is 44.7 Å². The van der Waals surface area contributed by atoms with E-state index in [2.05, 4.69) is 19.1 Å². The largest absolute Gasteiger partial charge is 0.507 e. The van der Waals surface area contributed by atoms with E-state index in [1.54, 1.807) is 32.9 Å². The molecule has 3 unspecified atom stereocenters. The molecule has 2 aromatic carbocycles. The van der Waals surface area contributed by atoms with Crippen LogP contribution < -0.4 is 0 Å². The van der Waals surface area contributed by atoms with Gasteiger partial charge in [-0.25, -0.2) is 0 Å². The molecule has 3 aliphatic carbocycles. The van der Waals surface area contributed by atoms with E-state index in [1.165, 1.54) is 11.6 Å². The first-order valence-corrected chi connectivity index (χ1v) is 15.4. The van der Waals surface area contributed by atoms with Crippen LogP contribution in [0.2, 0.25) is 0 Å². The Morgan fingerprint density at radius 3 is 2.12 bits per heavy atom. The number of carbonyl (C=O) groups is 5. The number of phenols is 1. The maximum Gasteiger partial charge on any atom is 0.190 e. The average Bonchev–Trinajstić information content (AvgIpc) is 2.93. The lowest BCUT2D eigenvalue weighted by atomic mass is 9.34. The number of fused-ring (bicyclic) bond motifs is 3. The Kier molecular flexibility index (Phi) is 7.44. The van der Waals surface area contributed by atoms with Gasteiger partial charge in [0.05, 0.1) is 11.5 Å². The van der Waals surface area contributed by atoms with Gasteiger partial charge in [-0.3, -0.25) is 24.0 Å². The van der Waals surface area contributed by atoms with Gasteiger partial charge in [0.25, 0.3) is 0 Å². The molecule has 0 bridgehead atoms. The summed E-state index contributed by atoms with van der Waals surface area (Å²) in [6.45, 7) is 12.1. The topological polar surface area (TPSA) is 126 Å². The van der Waals surface area contributed by atoms with Crippen LogP contribution in [0.5, 0.6) is 5.75 Å². The highest BCUT2D eigenvalue weighted by Crippen LogP contribution is 2.69. The number of carbonyl (C=O) groups excluding carboxylic acids is 5. The first-order valence-electron chi connectivity index (χ1n) is 15.4. The lowest BCUT2D eigenvalue weighted by molar-refractivity contribution is -0.222. The van der Waals surface area contributed by atoms with Crippen LogP contribution in [0.15, 0.2) is 42.5 Å². The molecule has 0 aromatic heterocycles. The van der Waals surface area contributed by atoms with Crippen molar-refractivity contribution in [3.63, 3.8) is 0 Å². The van der Waals surface area contributed by atoms with E-state index < -0.39 is 80.9 Å². The zero-order chi connectivity index (χ0) is 31.8. The number of hydrogen-bond donors (Lipinski definition) is 2. The number of phenolic OH excluding ortho intramolecular Hbond substituents is 1. The molecular formula is C36H42O7. The smallest absolute Gasteiger partial charge is 0.190 e. The third kappa shape index (κ3) is 3.92. The summed E-state index contributed by atoms with van der Waals surface area (Å²) in [7, 11) is 0. The van der Waals surface area contributed by atoms with Crippen LogP contribution >= 0.6 is 0 Å². The third-order valence-corrected chi connectivity index (χ3v) is 11.5. The van der Waals surface area contributed by atoms with Gasteiger partial charge in [-0.05, 0) is 65.7 Å². The van der Waals surface area contributed by atoms with E-state index in [9.17, 15) is 34.2 Å². The van der Waals surface area contributed by atoms with Gasteiger partial charge >= 0.3 is 0 Å². The van der Waals surface area contributed by atoms with Gasteiger partial charge in [-0.1, -0.05) is 84.4 Å². The van der Waals surface area contributed by atoms with Gasteiger partial charge in [0.15, 0.2) is 28.7 Å². The molecule has 2 fully saturated rings. The number of benzene rings is 2. The van der Waals surface area contributed by atoms with Crippen LogP contribution in [0.25, 0.3) is 0 Å². The van der Waals surface area contributed by atoms with Crippen molar-refractivity contribution in [2.24, 2.45) is 40.4 Å². The summed E-state index contributed by atoms with van der Waals surface area (Å²) in [5.41, 5.74) is -2.67. The molecule has 7 heteroatoms. The Balaban J connectivity index is 1.79. The molecule has 3 aliphatic rings. The molecule has 0 heterocycles. The Labute approximate surface area is 253 Å². The number of aromatic hydroxyl groups is 1. The summed E-state index contributed by atoms with van der Waals surface area (Å²) in [5.74, 6) is -10.2. The van der Waals surface area contributed by atoms with Crippen molar-refractivity contribution in [1.82, 2.24) is 0 Å². The van der Waals surface area contributed by atoms with E-state index in [0.717, 1.165) is 25.3 Å². The summed E-state index contributed by atoms with van der Waals surface area (Å²) in [5, 5.41) is 23.4. The van der Waals surface area contributed by atoms with Crippen LogP contribution in [0.3, 0.4) is 0 Å². The monoisotopic (exact) mass is 586 g/mol. The second kappa shape index (κ2) is 10.3. The lowest BCUT2D eigenvalue weighted by Crippen LogP contribution is -2.80. The summed E-state index contributed by atoms with van der Waals surface area (Å²) in [6.07, 6.45) is 2.38. The molecule has 0 saturated heterocycles. The quantitative estimate of drug-likeness (QED) is 0.453. The first-order chi connectivity index (χ1) is 20.1. The van der Waals surface area contributed by atoms with Crippen molar-refractivity contribution in [2.75, 3.05) is 0 Å². The van der Waals surface area contributed by atoms with Crippen molar-refractivity contribution < 1.29 is 34.2 Å². The summed E-state index contributed by atoms with van der Waals surface area (Å²) in [4.78, 5) is 69.8. The van der Waals surface area contributed by atoms with Gasteiger partial charge in [0.1, 0.15) is 17.5 Å². The molecule has 2 saturated carbocycles. The number of aryl methyl sites for hydroxylation is 1. The standard InChI is InChI=1S/C36H42O7/c1-8-10-21-13-15-22(16-14-21)17-24-23-11-9-12-25(38)27(23)31(40)29-33(42)36(43)32(41)26(19(4)37)30(39)28(18(2)3)35(36,7)20(5)34(24,29)6/h9,11-16,18,20,24,26,28-29,38,43H,8,10,17H2,1-7H3/t20-,24-,26?,28?,29?,34+,35-,36+/m1/s1. The molecular weight excluding hydrogens is 544 g/mol. The predicted octanol–water partition coefficient (Wildman–Crippen LogP) is 5.08. The molecule has 228 valence electrons. The van der Waals surface area contributed by atoms with Crippen LogP contribution in [0, 0.1) is 40.4 Å². The highest BCUT2D eigenvalue weighted by molar-refractivity contribution is 6.32. The van der Waals surface area contributed by atoms with E-state index >= 15 is 0 Å². The van der Waals surface area contributed by atoms with Gasteiger partial charge in [0, 0.05) is 11.3 Å². The molecule has 8 atom stereocenters. The minimum absolute atomic E-state index is 0.0215. The summed E-state index contributed by atoms with van der Waals surface area (Å²) < 4.78 is 0. The average molecular weight is 587 g/mol. The molecule has 0 aliphatic heterocycles.